The van der Waals surface area contributed by atoms with Crippen molar-refractivity contribution >= 4 is 29.9 Å². The summed E-state index contributed by atoms with van der Waals surface area (Å²) in [7, 11) is 1.76. The lowest BCUT2D eigenvalue weighted by molar-refractivity contribution is 0.239. The zero-order valence-electron chi connectivity index (χ0n) is 15.2. The molecule has 0 atom stereocenters. The van der Waals surface area contributed by atoms with Gasteiger partial charge in [0.15, 0.2) is 5.96 Å². The first kappa shape index (κ1) is 21.2. The molecule has 25 heavy (non-hydrogen) atoms. The van der Waals surface area contributed by atoms with Crippen molar-refractivity contribution in [2.45, 2.75) is 40.0 Å². The minimum absolute atomic E-state index is 0. The molecule has 0 saturated heterocycles. The fourth-order valence-electron chi connectivity index (χ4n) is 2.25. The number of pyridine rings is 1. The highest BCUT2D eigenvalue weighted by Crippen LogP contribution is 2.21. The highest BCUT2D eigenvalue weighted by molar-refractivity contribution is 14.0. The number of aliphatic imine (C=N–C) groups is 1. The monoisotopic (exact) mass is 454 g/mol. The number of guanidine groups is 1. The lowest BCUT2D eigenvalue weighted by atomic mass is 10.1. The van der Waals surface area contributed by atoms with E-state index in [-0.39, 0.29) is 30.1 Å². The van der Waals surface area contributed by atoms with Gasteiger partial charge in [-0.15, -0.1) is 24.0 Å². The zero-order valence-corrected chi connectivity index (χ0v) is 17.6. The smallest absolute Gasteiger partial charge is 0.191 e. The van der Waals surface area contributed by atoms with Crippen LogP contribution in [0.5, 0.6) is 5.75 Å². The number of hydrogen-bond donors (Lipinski definition) is 2. The number of hydrogen-bond acceptors (Lipinski definition) is 3. The molecular formula is C19H27IN4O. The quantitative estimate of drug-likeness (QED) is 0.398. The van der Waals surface area contributed by atoms with E-state index >= 15 is 0 Å². The summed E-state index contributed by atoms with van der Waals surface area (Å²) >= 11 is 0. The highest BCUT2D eigenvalue weighted by Gasteiger charge is 2.07. The fraction of sp³-hybridized carbons (Fsp3) is 0.368. The Kier molecular flexibility index (Phi) is 9.26. The zero-order chi connectivity index (χ0) is 17.4. The van der Waals surface area contributed by atoms with Crippen LogP contribution >= 0.6 is 24.0 Å². The van der Waals surface area contributed by atoms with Crippen LogP contribution in [0, 0.1) is 6.92 Å². The van der Waals surface area contributed by atoms with E-state index in [0.717, 1.165) is 23.0 Å². The number of nitrogens with one attached hydrogen (secondary N) is 2. The summed E-state index contributed by atoms with van der Waals surface area (Å²) in [6, 6.07) is 12.1. The molecule has 136 valence electrons. The molecule has 0 spiro atoms. The number of halogens is 1. The van der Waals surface area contributed by atoms with Gasteiger partial charge in [-0.05, 0) is 44.5 Å². The van der Waals surface area contributed by atoms with Crippen molar-refractivity contribution < 1.29 is 4.74 Å². The molecule has 0 amide bonds. The molecule has 0 radical (unpaired) electrons. The van der Waals surface area contributed by atoms with E-state index in [1.807, 2.05) is 32.0 Å². The minimum Gasteiger partial charge on any atom is -0.491 e. The van der Waals surface area contributed by atoms with E-state index in [1.165, 1.54) is 5.56 Å². The first-order valence-electron chi connectivity index (χ1n) is 8.19. The largest absolute Gasteiger partial charge is 0.491 e. The van der Waals surface area contributed by atoms with Crippen LogP contribution in [0.2, 0.25) is 0 Å². The number of rotatable bonds is 6. The van der Waals surface area contributed by atoms with Crippen molar-refractivity contribution in [1.29, 1.82) is 0 Å². The van der Waals surface area contributed by atoms with Gasteiger partial charge in [0.1, 0.15) is 5.75 Å². The van der Waals surface area contributed by atoms with Crippen molar-refractivity contribution in [3.63, 3.8) is 0 Å². The van der Waals surface area contributed by atoms with Crippen LogP contribution in [-0.2, 0) is 13.1 Å². The molecule has 2 aromatic rings. The summed E-state index contributed by atoms with van der Waals surface area (Å²) in [5, 5.41) is 6.58. The van der Waals surface area contributed by atoms with Gasteiger partial charge < -0.3 is 15.4 Å². The average Bonchev–Trinajstić information content (AvgIpc) is 2.57. The van der Waals surface area contributed by atoms with E-state index < -0.39 is 0 Å². The van der Waals surface area contributed by atoms with Crippen LogP contribution in [0.3, 0.4) is 0 Å². The predicted molar refractivity (Wildman–Crippen MR) is 114 cm³/mol. The van der Waals surface area contributed by atoms with Gasteiger partial charge in [-0.1, -0.05) is 18.2 Å². The summed E-state index contributed by atoms with van der Waals surface area (Å²) < 4.78 is 5.91. The molecule has 0 aliphatic rings. The van der Waals surface area contributed by atoms with Crippen LogP contribution in [-0.4, -0.2) is 24.1 Å². The fourth-order valence-corrected chi connectivity index (χ4v) is 2.25. The Hall–Kier alpha value is -1.83. The summed E-state index contributed by atoms with van der Waals surface area (Å²) in [4.78, 5) is 8.55. The second-order valence-corrected chi connectivity index (χ2v) is 5.88. The second kappa shape index (κ2) is 10.9. The molecule has 0 bridgehead atoms. The number of ether oxygens (including phenoxy) is 1. The average molecular weight is 454 g/mol. The first-order valence-corrected chi connectivity index (χ1v) is 8.19. The van der Waals surface area contributed by atoms with Crippen LogP contribution in [0.15, 0.2) is 47.6 Å². The summed E-state index contributed by atoms with van der Waals surface area (Å²) in [6.45, 7) is 7.41. The molecule has 1 aromatic carbocycles. The maximum Gasteiger partial charge on any atom is 0.191 e. The van der Waals surface area contributed by atoms with E-state index in [4.69, 9.17) is 4.74 Å². The van der Waals surface area contributed by atoms with Gasteiger partial charge in [0.2, 0.25) is 0 Å². The van der Waals surface area contributed by atoms with Crippen LogP contribution in [0.4, 0.5) is 0 Å². The third-order valence-corrected chi connectivity index (χ3v) is 3.42. The molecule has 0 aliphatic heterocycles. The maximum atomic E-state index is 5.91. The Labute approximate surface area is 167 Å². The van der Waals surface area contributed by atoms with Gasteiger partial charge in [-0.25, -0.2) is 0 Å². The normalized spacial score (nSPS) is 11.0. The van der Waals surface area contributed by atoms with Crippen molar-refractivity contribution in [2.75, 3.05) is 7.05 Å². The lowest BCUT2D eigenvalue weighted by Gasteiger charge is -2.17. The Morgan fingerprint density at radius 1 is 1.16 bits per heavy atom. The molecule has 0 unspecified atom stereocenters. The van der Waals surface area contributed by atoms with Gasteiger partial charge in [0, 0.05) is 25.4 Å². The molecule has 2 rings (SSSR count). The van der Waals surface area contributed by atoms with Crippen molar-refractivity contribution in [1.82, 2.24) is 15.6 Å². The molecule has 1 aromatic heterocycles. The second-order valence-electron chi connectivity index (χ2n) is 5.88. The molecule has 0 aliphatic carbocycles. The lowest BCUT2D eigenvalue weighted by Crippen LogP contribution is -2.36. The highest BCUT2D eigenvalue weighted by atomic mass is 127. The molecule has 1 heterocycles. The predicted octanol–water partition coefficient (Wildman–Crippen LogP) is 3.66. The third kappa shape index (κ3) is 7.29. The Morgan fingerprint density at radius 2 is 1.92 bits per heavy atom. The van der Waals surface area contributed by atoms with Crippen molar-refractivity contribution in [2.24, 2.45) is 4.99 Å². The first-order chi connectivity index (χ1) is 11.6. The van der Waals surface area contributed by atoms with Crippen molar-refractivity contribution in [3.05, 3.63) is 59.4 Å². The minimum atomic E-state index is 0. The van der Waals surface area contributed by atoms with Crippen LogP contribution in [0.1, 0.15) is 30.7 Å². The molecule has 6 heteroatoms. The van der Waals surface area contributed by atoms with E-state index in [9.17, 15) is 0 Å². The third-order valence-electron chi connectivity index (χ3n) is 3.42. The number of nitrogens with zero attached hydrogens (tertiary/aromatic N) is 2. The van der Waals surface area contributed by atoms with Gasteiger partial charge >= 0.3 is 0 Å². The Balaban J connectivity index is 0.00000312. The van der Waals surface area contributed by atoms with Crippen molar-refractivity contribution in [3.8, 4) is 5.75 Å². The summed E-state index contributed by atoms with van der Waals surface area (Å²) in [5.41, 5.74) is 3.27. The SMILES string of the molecule is CN=C(NCc1ccccn1)NCc1ccc(C)cc1OC(C)C.I. The van der Waals surface area contributed by atoms with Gasteiger partial charge in [-0.3, -0.25) is 9.98 Å². The number of aryl methyl sites for hydroxylation is 1. The van der Waals surface area contributed by atoms with Gasteiger partial charge in [-0.2, -0.15) is 0 Å². The van der Waals surface area contributed by atoms with E-state index in [1.54, 1.807) is 13.2 Å². The Bertz CT molecular complexity index is 674. The molecule has 2 N–H and O–H groups in total. The number of benzene rings is 1. The molecule has 5 nitrogen and oxygen atoms in total. The van der Waals surface area contributed by atoms with Crippen LogP contribution < -0.4 is 15.4 Å². The van der Waals surface area contributed by atoms with Crippen LogP contribution in [0.25, 0.3) is 0 Å². The molecule has 0 saturated carbocycles. The van der Waals surface area contributed by atoms with E-state index in [2.05, 4.69) is 45.7 Å². The van der Waals surface area contributed by atoms with Gasteiger partial charge in [0.05, 0.1) is 18.3 Å². The number of aromatic nitrogens is 1. The Morgan fingerprint density at radius 3 is 2.56 bits per heavy atom. The maximum absolute atomic E-state index is 5.91. The molecular weight excluding hydrogens is 427 g/mol. The summed E-state index contributed by atoms with van der Waals surface area (Å²) in [6.07, 6.45) is 1.93. The standard InChI is InChI=1S/C19H26N4O.HI/c1-14(2)24-18-11-15(3)8-9-16(18)12-22-19(20-4)23-13-17-7-5-6-10-21-17;/h5-11,14H,12-13H2,1-4H3,(H2,20,22,23);1H. The molecule has 0 fully saturated rings. The topological polar surface area (TPSA) is 58.5 Å². The van der Waals surface area contributed by atoms with Gasteiger partial charge in [0.25, 0.3) is 0 Å². The summed E-state index contributed by atoms with van der Waals surface area (Å²) in [5.74, 6) is 1.65. The van der Waals surface area contributed by atoms with E-state index in [0.29, 0.717) is 13.1 Å².